The minimum atomic E-state index is -4.53. The van der Waals surface area contributed by atoms with Gasteiger partial charge in [0.1, 0.15) is 5.82 Å². The standard InChI is InChI=1S/C19H18ClF3N4O3/c20-15-11-14(19(21,22)23)12-24-18(15)26-7-3-6-25(8-9-26)17(28)10-13-4-1-2-5-16(13)27(29)30/h1-2,4-5,11-12H,3,6-10H2. The Hall–Kier alpha value is -2.88. The summed E-state index contributed by atoms with van der Waals surface area (Å²) in [7, 11) is 0. The maximum Gasteiger partial charge on any atom is 0.417 e. The van der Waals surface area contributed by atoms with Gasteiger partial charge in [-0.2, -0.15) is 13.2 Å². The van der Waals surface area contributed by atoms with Crippen LogP contribution in [0.1, 0.15) is 17.5 Å². The van der Waals surface area contributed by atoms with Crippen molar-refractivity contribution in [3.63, 3.8) is 0 Å². The van der Waals surface area contributed by atoms with Gasteiger partial charge in [-0.1, -0.05) is 29.8 Å². The number of nitro groups is 1. The van der Waals surface area contributed by atoms with Gasteiger partial charge in [-0.15, -0.1) is 0 Å². The van der Waals surface area contributed by atoms with Crippen molar-refractivity contribution < 1.29 is 22.9 Å². The number of rotatable bonds is 4. The minimum absolute atomic E-state index is 0.101. The molecular weight excluding hydrogens is 425 g/mol. The van der Waals surface area contributed by atoms with Crippen LogP contribution in [0.4, 0.5) is 24.7 Å². The van der Waals surface area contributed by atoms with Gasteiger partial charge in [-0.05, 0) is 12.5 Å². The first-order valence-electron chi connectivity index (χ1n) is 9.14. The molecule has 1 aliphatic rings. The zero-order valence-corrected chi connectivity index (χ0v) is 16.5. The molecule has 7 nitrogen and oxygen atoms in total. The first-order valence-corrected chi connectivity index (χ1v) is 9.52. The highest BCUT2D eigenvalue weighted by molar-refractivity contribution is 6.33. The number of amides is 1. The van der Waals surface area contributed by atoms with E-state index in [1.807, 2.05) is 0 Å². The number of nitrogens with zero attached hydrogens (tertiary/aromatic N) is 4. The highest BCUT2D eigenvalue weighted by Crippen LogP contribution is 2.33. The van der Waals surface area contributed by atoms with Crippen molar-refractivity contribution in [2.45, 2.75) is 19.0 Å². The smallest absolute Gasteiger partial charge is 0.354 e. The quantitative estimate of drug-likeness (QED) is 0.529. The fraction of sp³-hybridized carbons (Fsp3) is 0.368. The van der Waals surface area contributed by atoms with Crippen LogP contribution in [0.15, 0.2) is 36.5 Å². The molecule has 3 rings (SSSR count). The molecule has 0 spiro atoms. The van der Waals surface area contributed by atoms with Crippen molar-refractivity contribution >= 4 is 29.0 Å². The van der Waals surface area contributed by atoms with E-state index < -0.39 is 16.7 Å². The molecule has 2 aromatic rings. The lowest BCUT2D eigenvalue weighted by Crippen LogP contribution is -2.36. The Labute approximate surface area is 175 Å². The fourth-order valence-corrected chi connectivity index (χ4v) is 3.60. The second-order valence-electron chi connectivity index (χ2n) is 6.81. The monoisotopic (exact) mass is 442 g/mol. The highest BCUT2D eigenvalue weighted by Gasteiger charge is 2.32. The lowest BCUT2D eigenvalue weighted by molar-refractivity contribution is -0.385. The third-order valence-corrected chi connectivity index (χ3v) is 5.11. The number of nitro benzene ring substituents is 1. The van der Waals surface area contributed by atoms with E-state index in [0.717, 1.165) is 12.3 Å². The zero-order valence-electron chi connectivity index (χ0n) is 15.7. The predicted molar refractivity (Wildman–Crippen MR) is 104 cm³/mol. The Morgan fingerprint density at radius 1 is 1.20 bits per heavy atom. The average Bonchev–Trinajstić information content (AvgIpc) is 2.93. The number of hydrogen-bond acceptors (Lipinski definition) is 5. The Morgan fingerprint density at radius 2 is 1.93 bits per heavy atom. The number of anilines is 1. The van der Waals surface area contributed by atoms with Crippen molar-refractivity contribution in [1.82, 2.24) is 9.88 Å². The molecule has 1 aromatic carbocycles. The van der Waals surface area contributed by atoms with E-state index in [4.69, 9.17) is 11.6 Å². The number of halogens is 4. The molecule has 1 amide bonds. The highest BCUT2D eigenvalue weighted by atomic mass is 35.5. The number of carbonyl (C=O) groups excluding carboxylic acids is 1. The molecule has 2 heterocycles. The van der Waals surface area contributed by atoms with Crippen LogP contribution in [-0.4, -0.2) is 46.9 Å². The Balaban J connectivity index is 1.68. The zero-order chi connectivity index (χ0) is 21.9. The van der Waals surface area contributed by atoms with E-state index in [-0.39, 0.29) is 28.9 Å². The van der Waals surface area contributed by atoms with Crippen molar-refractivity contribution in [1.29, 1.82) is 0 Å². The maximum absolute atomic E-state index is 12.8. The summed E-state index contributed by atoms with van der Waals surface area (Å²) in [6.07, 6.45) is -3.33. The van der Waals surface area contributed by atoms with E-state index >= 15 is 0 Å². The largest absolute Gasteiger partial charge is 0.417 e. The van der Waals surface area contributed by atoms with Gasteiger partial charge in [0.2, 0.25) is 5.91 Å². The average molecular weight is 443 g/mol. The summed E-state index contributed by atoms with van der Waals surface area (Å²) in [6, 6.07) is 6.91. The van der Waals surface area contributed by atoms with Crippen LogP contribution in [0.5, 0.6) is 0 Å². The second kappa shape index (κ2) is 8.86. The number of pyridine rings is 1. The molecule has 1 aliphatic heterocycles. The van der Waals surface area contributed by atoms with Gasteiger partial charge in [0.15, 0.2) is 0 Å². The van der Waals surface area contributed by atoms with E-state index in [1.165, 1.54) is 12.1 Å². The lowest BCUT2D eigenvalue weighted by Gasteiger charge is -2.24. The number of hydrogen-bond donors (Lipinski definition) is 0. The van der Waals surface area contributed by atoms with Crippen molar-refractivity contribution in [3.05, 3.63) is 62.8 Å². The topological polar surface area (TPSA) is 79.6 Å². The normalized spacial score (nSPS) is 15.1. The molecule has 0 N–H and O–H groups in total. The molecule has 0 unspecified atom stereocenters. The van der Waals surface area contributed by atoms with Gasteiger partial charge in [-0.25, -0.2) is 4.98 Å². The molecule has 0 radical (unpaired) electrons. The summed E-state index contributed by atoms with van der Waals surface area (Å²) in [4.78, 5) is 30.5. The Morgan fingerprint density at radius 3 is 2.60 bits per heavy atom. The molecule has 0 saturated carbocycles. The molecule has 1 fully saturated rings. The number of alkyl halides is 3. The molecule has 160 valence electrons. The van der Waals surface area contributed by atoms with Crippen LogP contribution >= 0.6 is 11.6 Å². The molecule has 0 aliphatic carbocycles. The summed E-state index contributed by atoms with van der Waals surface area (Å²) in [5.74, 6) is -0.0183. The van der Waals surface area contributed by atoms with Crippen molar-refractivity contribution in [2.24, 2.45) is 0 Å². The first kappa shape index (κ1) is 21.8. The van der Waals surface area contributed by atoms with Gasteiger partial charge in [0.05, 0.1) is 21.9 Å². The van der Waals surface area contributed by atoms with Gasteiger partial charge < -0.3 is 9.80 Å². The molecule has 1 aromatic heterocycles. The van der Waals surface area contributed by atoms with Crippen LogP contribution in [-0.2, 0) is 17.4 Å². The summed E-state index contributed by atoms with van der Waals surface area (Å²) in [5, 5.41) is 11.0. The fourth-order valence-electron chi connectivity index (χ4n) is 3.31. The second-order valence-corrected chi connectivity index (χ2v) is 7.22. The van der Waals surface area contributed by atoms with Crippen LogP contribution in [0, 0.1) is 10.1 Å². The van der Waals surface area contributed by atoms with Gasteiger partial charge in [0, 0.05) is 44.0 Å². The summed E-state index contributed by atoms with van der Waals surface area (Å²) in [6.45, 7) is 1.53. The van der Waals surface area contributed by atoms with Gasteiger partial charge in [-0.3, -0.25) is 14.9 Å². The first-order chi connectivity index (χ1) is 14.2. The molecule has 30 heavy (non-hydrogen) atoms. The third-order valence-electron chi connectivity index (χ3n) is 4.83. The van der Waals surface area contributed by atoms with Gasteiger partial charge >= 0.3 is 6.18 Å². The van der Waals surface area contributed by atoms with Crippen LogP contribution < -0.4 is 4.90 Å². The van der Waals surface area contributed by atoms with Crippen LogP contribution in [0.2, 0.25) is 5.02 Å². The van der Waals surface area contributed by atoms with Crippen molar-refractivity contribution in [2.75, 3.05) is 31.1 Å². The molecule has 0 bridgehead atoms. The van der Waals surface area contributed by atoms with Gasteiger partial charge in [0.25, 0.3) is 5.69 Å². The maximum atomic E-state index is 12.8. The molecule has 1 saturated heterocycles. The molecule has 0 atom stereocenters. The van der Waals surface area contributed by atoms with E-state index in [9.17, 15) is 28.1 Å². The third kappa shape index (κ3) is 4.99. The molecule has 11 heteroatoms. The number of carbonyl (C=O) groups is 1. The summed E-state index contributed by atoms with van der Waals surface area (Å²) >= 11 is 6.03. The SMILES string of the molecule is O=C(Cc1ccccc1[N+](=O)[O-])N1CCCN(c2ncc(C(F)(F)F)cc2Cl)CC1. The van der Waals surface area contributed by atoms with E-state index in [1.54, 1.807) is 21.9 Å². The lowest BCUT2D eigenvalue weighted by atomic mass is 10.1. The predicted octanol–water partition coefficient (Wildman–Crippen LogP) is 3.94. The number of benzene rings is 1. The number of aromatic nitrogens is 1. The Bertz CT molecular complexity index is 955. The Kier molecular flexibility index (Phi) is 6.45. The molecular formula is C19H18ClF3N4O3. The minimum Gasteiger partial charge on any atom is -0.354 e. The summed E-state index contributed by atoms with van der Waals surface area (Å²) < 4.78 is 38.4. The van der Waals surface area contributed by atoms with Crippen LogP contribution in [0.25, 0.3) is 0 Å². The van der Waals surface area contributed by atoms with E-state index in [2.05, 4.69) is 4.98 Å². The van der Waals surface area contributed by atoms with Crippen LogP contribution in [0.3, 0.4) is 0 Å². The summed E-state index contributed by atoms with van der Waals surface area (Å²) in [5.41, 5.74) is -0.698. The van der Waals surface area contributed by atoms with Crippen molar-refractivity contribution in [3.8, 4) is 0 Å². The number of para-hydroxylation sites is 1. The van der Waals surface area contributed by atoms with E-state index in [0.29, 0.717) is 38.2 Å².